The molecular formula is C10H15Cl2FN2. The Balaban J connectivity index is 0.00000196. The van der Waals surface area contributed by atoms with Gasteiger partial charge in [-0.05, 0) is 31.5 Å². The molecule has 0 heterocycles. The number of nitrogens with two attached hydrogens (primary N) is 2. The monoisotopic (exact) mass is 252 g/mol. The van der Waals surface area contributed by atoms with Crippen LogP contribution < -0.4 is 11.5 Å². The lowest BCUT2D eigenvalue weighted by atomic mass is 10.0. The fourth-order valence-corrected chi connectivity index (χ4v) is 1.45. The third-order valence-electron chi connectivity index (χ3n) is 2.08. The van der Waals surface area contributed by atoms with E-state index in [2.05, 4.69) is 0 Å². The van der Waals surface area contributed by atoms with Gasteiger partial charge >= 0.3 is 0 Å². The van der Waals surface area contributed by atoms with Gasteiger partial charge in [0, 0.05) is 16.6 Å². The Morgan fingerprint density at radius 3 is 2.60 bits per heavy atom. The van der Waals surface area contributed by atoms with Crippen LogP contribution in [0.3, 0.4) is 0 Å². The maximum Gasteiger partial charge on any atom is 0.129 e. The van der Waals surface area contributed by atoms with Crippen LogP contribution in [0, 0.1) is 5.82 Å². The Kier molecular flexibility index (Phi) is 6.85. The van der Waals surface area contributed by atoms with E-state index in [0.29, 0.717) is 23.6 Å². The van der Waals surface area contributed by atoms with E-state index in [0.717, 1.165) is 6.42 Å². The van der Waals surface area contributed by atoms with Gasteiger partial charge < -0.3 is 11.5 Å². The molecule has 86 valence electrons. The van der Waals surface area contributed by atoms with E-state index in [4.69, 9.17) is 23.1 Å². The molecule has 1 atom stereocenters. The Bertz CT molecular complexity index is 307. The molecule has 1 aromatic rings. The van der Waals surface area contributed by atoms with Gasteiger partial charge in [-0.15, -0.1) is 12.4 Å². The minimum atomic E-state index is -0.345. The number of hydrogen-bond donors (Lipinski definition) is 2. The van der Waals surface area contributed by atoms with Crippen LogP contribution in [0.25, 0.3) is 0 Å². The highest BCUT2D eigenvalue weighted by Gasteiger charge is 2.10. The van der Waals surface area contributed by atoms with Crippen molar-refractivity contribution in [2.75, 3.05) is 6.54 Å². The third kappa shape index (κ3) is 4.34. The van der Waals surface area contributed by atoms with Gasteiger partial charge in [-0.2, -0.15) is 0 Å². The maximum absolute atomic E-state index is 13.3. The molecule has 0 fully saturated rings. The molecule has 4 N–H and O–H groups in total. The van der Waals surface area contributed by atoms with E-state index in [9.17, 15) is 4.39 Å². The fraction of sp³-hybridized carbons (Fsp3) is 0.400. The van der Waals surface area contributed by atoms with Crippen LogP contribution in [0.1, 0.15) is 24.4 Å². The Morgan fingerprint density at radius 1 is 1.40 bits per heavy atom. The zero-order chi connectivity index (χ0) is 10.6. The second-order valence-corrected chi connectivity index (χ2v) is 3.64. The highest BCUT2D eigenvalue weighted by Crippen LogP contribution is 2.21. The molecule has 0 aliphatic rings. The summed E-state index contributed by atoms with van der Waals surface area (Å²) in [7, 11) is 0. The number of rotatable bonds is 4. The van der Waals surface area contributed by atoms with Crippen molar-refractivity contribution in [3.8, 4) is 0 Å². The molecule has 0 unspecified atom stereocenters. The summed E-state index contributed by atoms with van der Waals surface area (Å²) in [5.41, 5.74) is 11.6. The molecule has 5 heteroatoms. The minimum absolute atomic E-state index is 0. The molecule has 1 aromatic carbocycles. The topological polar surface area (TPSA) is 52.0 Å². The largest absolute Gasteiger partial charge is 0.330 e. The summed E-state index contributed by atoms with van der Waals surface area (Å²) < 4.78 is 13.3. The Labute approximate surface area is 100 Å². The predicted octanol–water partition coefficient (Wildman–Crippen LogP) is 2.64. The van der Waals surface area contributed by atoms with E-state index >= 15 is 0 Å². The summed E-state index contributed by atoms with van der Waals surface area (Å²) in [4.78, 5) is 0. The van der Waals surface area contributed by atoms with Gasteiger partial charge in [0.1, 0.15) is 5.82 Å². The SMILES string of the molecule is Cl.NCCC[C@H](N)c1ccc(Cl)cc1F. The first-order valence-corrected chi connectivity index (χ1v) is 4.93. The van der Waals surface area contributed by atoms with Gasteiger partial charge in [-0.3, -0.25) is 0 Å². The highest BCUT2D eigenvalue weighted by molar-refractivity contribution is 6.30. The molecule has 0 saturated heterocycles. The molecule has 15 heavy (non-hydrogen) atoms. The lowest BCUT2D eigenvalue weighted by molar-refractivity contribution is 0.553. The zero-order valence-electron chi connectivity index (χ0n) is 8.25. The van der Waals surface area contributed by atoms with Gasteiger partial charge in [-0.25, -0.2) is 4.39 Å². The average molecular weight is 253 g/mol. The van der Waals surface area contributed by atoms with Crippen molar-refractivity contribution in [2.45, 2.75) is 18.9 Å². The molecule has 0 radical (unpaired) electrons. The molecule has 0 aromatic heterocycles. The minimum Gasteiger partial charge on any atom is -0.330 e. The van der Waals surface area contributed by atoms with Crippen molar-refractivity contribution in [1.82, 2.24) is 0 Å². The number of hydrogen-bond acceptors (Lipinski definition) is 2. The van der Waals surface area contributed by atoms with Gasteiger partial charge in [0.15, 0.2) is 0 Å². The fourth-order valence-electron chi connectivity index (χ4n) is 1.30. The summed E-state index contributed by atoms with van der Waals surface area (Å²) >= 11 is 5.63. The van der Waals surface area contributed by atoms with E-state index < -0.39 is 0 Å². The molecular weight excluding hydrogens is 238 g/mol. The molecule has 0 saturated carbocycles. The van der Waals surface area contributed by atoms with Crippen LogP contribution in [-0.2, 0) is 0 Å². The van der Waals surface area contributed by atoms with Gasteiger partial charge in [-0.1, -0.05) is 17.7 Å². The summed E-state index contributed by atoms with van der Waals surface area (Å²) in [6, 6.07) is 4.25. The molecule has 0 bridgehead atoms. The van der Waals surface area contributed by atoms with E-state index in [-0.39, 0.29) is 24.3 Å². The first-order chi connectivity index (χ1) is 6.65. The second-order valence-electron chi connectivity index (χ2n) is 3.20. The number of halogens is 3. The Morgan fingerprint density at radius 2 is 2.07 bits per heavy atom. The van der Waals surface area contributed by atoms with Crippen LogP contribution in [0.4, 0.5) is 4.39 Å². The molecule has 0 spiro atoms. The first-order valence-electron chi connectivity index (χ1n) is 4.55. The Hall–Kier alpha value is -0.350. The van der Waals surface area contributed by atoms with Crippen molar-refractivity contribution in [2.24, 2.45) is 11.5 Å². The highest BCUT2D eigenvalue weighted by atomic mass is 35.5. The van der Waals surface area contributed by atoms with Crippen LogP contribution in [0.15, 0.2) is 18.2 Å². The van der Waals surface area contributed by atoms with E-state index in [1.807, 2.05) is 0 Å². The average Bonchev–Trinajstić information content (AvgIpc) is 2.14. The second kappa shape index (κ2) is 7.01. The standard InChI is InChI=1S/C10H14ClFN2.ClH/c11-7-3-4-8(9(12)6-7)10(14)2-1-5-13;/h3-4,6,10H,1-2,5,13-14H2;1H/t10-;/m0./s1. The molecule has 2 nitrogen and oxygen atoms in total. The van der Waals surface area contributed by atoms with Crippen LogP contribution in [0.5, 0.6) is 0 Å². The lowest BCUT2D eigenvalue weighted by Crippen LogP contribution is -2.14. The lowest BCUT2D eigenvalue weighted by Gasteiger charge is -2.12. The normalized spacial score (nSPS) is 12.0. The van der Waals surface area contributed by atoms with Gasteiger partial charge in [0.05, 0.1) is 0 Å². The molecule has 0 aliphatic heterocycles. The smallest absolute Gasteiger partial charge is 0.129 e. The molecule has 0 aliphatic carbocycles. The zero-order valence-corrected chi connectivity index (χ0v) is 9.82. The summed E-state index contributed by atoms with van der Waals surface area (Å²) in [6.45, 7) is 0.572. The summed E-state index contributed by atoms with van der Waals surface area (Å²) in [6.07, 6.45) is 1.48. The van der Waals surface area contributed by atoms with Gasteiger partial charge in [0.25, 0.3) is 0 Å². The van der Waals surface area contributed by atoms with Crippen molar-refractivity contribution >= 4 is 24.0 Å². The van der Waals surface area contributed by atoms with Crippen LogP contribution >= 0.6 is 24.0 Å². The summed E-state index contributed by atoms with van der Waals surface area (Å²) in [5, 5.41) is 0.386. The number of benzene rings is 1. The quantitative estimate of drug-likeness (QED) is 0.866. The van der Waals surface area contributed by atoms with Gasteiger partial charge in [0.2, 0.25) is 0 Å². The maximum atomic E-state index is 13.3. The third-order valence-corrected chi connectivity index (χ3v) is 2.32. The van der Waals surface area contributed by atoms with Crippen LogP contribution in [-0.4, -0.2) is 6.54 Å². The van der Waals surface area contributed by atoms with Crippen molar-refractivity contribution < 1.29 is 4.39 Å². The predicted molar refractivity (Wildman–Crippen MR) is 63.9 cm³/mol. The van der Waals surface area contributed by atoms with E-state index in [1.54, 1.807) is 12.1 Å². The van der Waals surface area contributed by atoms with E-state index in [1.165, 1.54) is 6.07 Å². The molecule has 0 amide bonds. The first kappa shape index (κ1) is 14.6. The molecule has 1 rings (SSSR count). The van der Waals surface area contributed by atoms with Crippen molar-refractivity contribution in [3.05, 3.63) is 34.6 Å². The van der Waals surface area contributed by atoms with Crippen molar-refractivity contribution in [3.63, 3.8) is 0 Å². The van der Waals surface area contributed by atoms with Crippen LogP contribution in [0.2, 0.25) is 5.02 Å². The van der Waals surface area contributed by atoms with Crippen molar-refractivity contribution in [1.29, 1.82) is 0 Å². The summed E-state index contributed by atoms with van der Waals surface area (Å²) in [5.74, 6) is -0.345.